The fraction of sp³-hybridized carbons (Fsp3) is 0.244. The van der Waals surface area contributed by atoms with Crippen LogP contribution >= 0.6 is 23.2 Å². The Bertz CT molecular complexity index is 2380. The van der Waals surface area contributed by atoms with E-state index in [4.69, 9.17) is 37.9 Å². The summed E-state index contributed by atoms with van der Waals surface area (Å²) in [6.07, 6.45) is 1.79. The topological polar surface area (TPSA) is 141 Å². The van der Waals surface area contributed by atoms with Crippen LogP contribution in [-0.2, 0) is 40.4 Å². The summed E-state index contributed by atoms with van der Waals surface area (Å²) in [7, 11) is 0. The van der Waals surface area contributed by atoms with E-state index < -0.39 is 24.2 Å². The van der Waals surface area contributed by atoms with Gasteiger partial charge in [0.1, 0.15) is 24.1 Å². The molecule has 12 heteroatoms. The Morgan fingerprint density at radius 3 is 2.28 bits per heavy atom. The smallest absolute Gasteiger partial charge is 0.326 e. The minimum Gasteiger partial charge on any atom is -0.489 e. The summed E-state index contributed by atoms with van der Waals surface area (Å²) in [4.78, 5) is 41.9. The molecule has 8 rings (SSSR count). The lowest BCUT2D eigenvalue weighted by Crippen LogP contribution is -2.54. The molecule has 1 saturated carbocycles. The van der Waals surface area contributed by atoms with Crippen LogP contribution in [-0.4, -0.2) is 46.4 Å². The Morgan fingerprint density at radius 2 is 1.61 bits per heavy atom. The molecule has 5 aromatic carbocycles. The average Bonchev–Trinajstić information content (AvgIpc) is 4.04. The molecule has 0 saturated heterocycles. The van der Waals surface area contributed by atoms with Gasteiger partial charge in [-0.1, -0.05) is 77.8 Å². The van der Waals surface area contributed by atoms with Crippen molar-refractivity contribution in [3.05, 3.63) is 147 Å². The number of hydrogen-bond acceptors (Lipinski definition) is 7. The van der Waals surface area contributed by atoms with Gasteiger partial charge >= 0.3 is 5.97 Å². The van der Waals surface area contributed by atoms with Crippen LogP contribution in [0.25, 0.3) is 11.1 Å². The monoisotopic (exact) mass is 800 g/mol. The number of nitrogens with one attached hydrogen (secondary N) is 2. The Kier molecular flexibility index (Phi) is 10.9. The van der Waals surface area contributed by atoms with Crippen LogP contribution in [0.4, 0.5) is 5.69 Å². The molecule has 0 radical (unpaired) electrons. The summed E-state index contributed by atoms with van der Waals surface area (Å²) in [5.74, 6) is -0.122. The fourth-order valence-electron chi connectivity index (χ4n) is 7.36. The zero-order valence-electron chi connectivity index (χ0n) is 30.7. The van der Waals surface area contributed by atoms with E-state index in [9.17, 15) is 19.5 Å². The SMILES string of the molecule is N#Cc1ccc(-c2ccc(C[C@H](NC(=O)[C@@H]3Cc4cc5c(cc4CN3CC3CC3)OC(c3ccc(OCc4ccc(Cl)c(Cl)c4)cc3)C(=O)N5)C(=O)O)cc2)cc1. The largest absolute Gasteiger partial charge is 0.489 e. The van der Waals surface area contributed by atoms with E-state index >= 15 is 0 Å². The molecule has 57 heavy (non-hydrogen) atoms. The summed E-state index contributed by atoms with van der Waals surface area (Å²) in [6, 6.07) is 31.5. The number of fused-ring (bicyclic) bond motifs is 2. The van der Waals surface area contributed by atoms with Crippen molar-refractivity contribution in [2.75, 3.05) is 11.9 Å². The molecule has 0 spiro atoms. The fourth-order valence-corrected chi connectivity index (χ4v) is 7.68. The highest BCUT2D eigenvalue weighted by Gasteiger charge is 2.38. The van der Waals surface area contributed by atoms with E-state index in [1.807, 2.05) is 54.6 Å². The van der Waals surface area contributed by atoms with Gasteiger partial charge in [0.05, 0.1) is 33.4 Å². The zero-order valence-corrected chi connectivity index (χ0v) is 32.2. The number of amides is 2. The minimum absolute atomic E-state index is 0.118. The van der Waals surface area contributed by atoms with E-state index in [0.29, 0.717) is 63.8 Å². The Labute approximate surface area is 339 Å². The van der Waals surface area contributed by atoms with Crippen LogP contribution in [0.5, 0.6) is 11.5 Å². The van der Waals surface area contributed by atoms with Crippen LogP contribution in [0.3, 0.4) is 0 Å². The lowest BCUT2D eigenvalue weighted by atomic mass is 9.91. The van der Waals surface area contributed by atoms with Crippen molar-refractivity contribution in [2.24, 2.45) is 5.92 Å². The van der Waals surface area contributed by atoms with E-state index in [1.165, 1.54) is 0 Å². The molecule has 3 aliphatic rings. The molecule has 5 aromatic rings. The molecule has 1 fully saturated rings. The molecule has 0 aromatic heterocycles. The number of ether oxygens (including phenoxy) is 2. The van der Waals surface area contributed by atoms with Gasteiger partial charge in [0.2, 0.25) is 12.0 Å². The molecule has 1 unspecified atom stereocenters. The maximum Gasteiger partial charge on any atom is 0.326 e. The number of benzene rings is 5. The standard InChI is InChI=1S/C45H38Cl2N4O6/c46-36-16-7-29(17-37(36)47)25-56-35-14-12-32(13-15-35)42-44(53)49-38-19-33-20-40(51(23-28-1-2-28)24-34(33)21-41(38)57-42)43(52)50-39(45(54)55)18-26-3-8-30(9-4-26)31-10-5-27(22-48)6-11-31/h3-17,19,21,28,39-40,42H,1-2,18,20,23-25H2,(H,49,53)(H,50,52)(H,54,55)/t39-,40-,42?/m0/s1. The second-order valence-electron chi connectivity index (χ2n) is 14.8. The highest BCUT2D eigenvalue weighted by atomic mass is 35.5. The van der Waals surface area contributed by atoms with Crippen molar-refractivity contribution < 1.29 is 29.0 Å². The van der Waals surface area contributed by atoms with E-state index in [2.05, 4.69) is 21.6 Å². The maximum atomic E-state index is 14.0. The van der Waals surface area contributed by atoms with Crippen molar-refractivity contribution in [3.63, 3.8) is 0 Å². The highest BCUT2D eigenvalue weighted by Crippen LogP contribution is 2.41. The molecule has 3 atom stereocenters. The zero-order chi connectivity index (χ0) is 39.6. The van der Waals surface area contributed by atoms with Gasteiger partial charge in [0.25, 0.3) is 5.91 Å². The number of rotatable bonds is 12. The molecule has 2 heterocycles. The third-order valence-corrected chi connectivity index (χ3v) is 11.4. The third kappa shape index (κ3) is 8.76. The van der Waals surface area contributed by atoms with Gasteiger partial charge < -0.3 is 25.2 Å². The molecule has 3 N–H and O–H groups in total. The first kappa shape index (κ1) is 38.0. The van der Waals surface area contributed by atoms with Gasteiger partial charge in [-0.3, -0.25) is 14.5 Å². The van der Waals surface area contributed by atoms with Crippen molar-refractivity contribution in [2.45, 2.75) is 57.0 Å². The first-order valence-corrected chi connectivity index (χ1v) is 19.5. The molecular formula is C45H38Cl2N4O6. The molecule has 0 bridgehead atoms. The Balaban J connectivity index is 0.937. The molecule has 288 valence electrons. The number of aliphatic carboxylic acids is 1. The van der Waals surface area contributed by atoms with Gasteiger partial charge in [-0.05, 0) is 107 Å². The summed E-state index contributed by atoms with van der Waals surface area (Å²) in [6.45, 7) is 1.51. The molecule has 2 aliphatic heterocycles. The van der Waals surface area contributed by atoms with E-state index in [1.54, 1.807) is 48.5 Å². The number of carboxylic acids is 1. The van der Waals surface area contributed by atoms with Gasteiger partial charge in [0, 0.05) is 25.1 Å². The summed E-state index contributed by atoms with van der Waals surface area (Å²) < 4.78 is 12.2. The molecule has 10 nitrogen and oxygen atoms in total. The predicted molar refractivity (Wildman–Crippen MR) is 216 cm³/mol. The lowest BCUT2D eigenvalue weighted by molar-refractivity contribution is -0.142. The number of carboxylic acid groups (broad SMARTS) is 1. The summed E-state index contributed by atoms with van der Waals surface area (Å²) in [5, 5.41) is 26.0. The quantitative estimate of drug-likeness (QED) is 0.115. The number of carbonyl (C=O) groups excluding carboxylic acids is 2. The minimum atomic E-state index is -1.13. The van der Waals surface area contributed by atoms with Gasteiger partial charge in [-0.15, -0.1) is 0 Å². The highest BCUT2D eigenvalue weighted by molar-refractivity contribution is 6.42. The van der Waals surface area contributed by atoms with Crippen molar-refractivity contribution >= 4 is 46.7 Å². The third-order valence-electron chi connectivity index (χ3n) is 10.7. The normalized spacial score (nSPS) is 17.9. The van der Waals surface area contributed by atoms with Crippen molar-refractivity contribution in [3.8, 4) is 28.7 Å². The average molecular weight is 802 g/mol. The van der Waals surface area contributed by atoms with Gasteiger partial charge in [-0.25, -0.2) is 4.79 Å². The van der Waals surface area contributed by atoms with Crippen LogP contribution < -0.4 is 20.1 Å². The van der Waals surface area contributed by atoms with E-state index in [0.717, 1.165) is 52.8 Å². The number of hydrogen-bond donors (Lipinski definition) is 3. The van der Waals surface area contributed by atoms with Gasteiger partial charge in [-0.2, -0.15) is 5.26 Å². The number of anilines is 1. The number of carbonyl (C=O) groups is 3. The van der Waals surface area contributed by atoms with Crippen molar-refractivity contribution in [1.29, 1.82) is 5.26 Å². The second-order valence-corrected chi connectivity index (χ2v) is 15.6. The van der Waals surface area contributed by atoms with Crippen LogP contribution in [0.2, 0.25) is 10.0 Å². The summed E-state index contributed by atoms with van der Waals surface area (Å²) in [5.41, 5.74) is 7.19. The van der Waals surface area contributed by atoms with Crippen LogP contribution in [0.1, 0.15) is 52.3 Å². The maximum absolute atomic E-state index is 14.0. The number of nitriles is 1. The van der Waals surface area contributed by atoms with Crippen molar-refractivity contribution in [1.82, 2.24) is 10.2 Å². The Morgan fingerprint density at radius 1 is 0.912 bits per heavy atom. The van der Waals surface area contributed by atoms with E-state index in [-0.39, 0.29) is 18.2 Å². The molecular weight excluding hydrogens is 763 g/mol. The summed E-state index contributed by atoms with van der Waals surface area (Å²) >= 11 is 12.2. The molecule has 2 amide bonds. The first-order chi connectivity index (χ1) is 27.6. The predicted octanol–water partition coefficient (Wildman–Crippen LogP) is 8.13. The van der Waals surface area contributed by atoms with Gasteiger partial charge in [0.15, 0.2) is 0 Å². The first-order valence-electron chi connectivity index (χ1n) is 18.8. The molecule has 1 aliphatic carbocycles. The number of halogens is 2. The van der Waals surface area contributed by atoms with Crippen LogP contribution in [0.15, 0.2) is 103 Å². The Hall–Kier alpha value is -5.86. The van der Waals surface area contributed by atoms with Crippen LogP contribution in [0, 0.1) is 17.2 Å². The number of nitrogens with zero attached hydrogens (tertiary/aromatic N) is 2. The lowest BCUT2D eigenvalue weighted by Gasteiger charge is -2.37. The second kappa shape index (κ2) is 16.3.